The summed E-state index contributed by atoms with van der Waals surface area (Å²) in [6, 6.07) is 4.40. The molecule has 0 saturated carbocycles. The van der Waals surface area contributed by atoms with Gasteiger partial charge < -0.3 is 15.8 Å². The molecule has 7 heteroatoms. The van der Waals surface area contributed by atoms with Crippen molar-refractivity contribution in [2.75, 3.05) is 0 Å². The van der Waals surface area contributed by atoms with Gasteiger partial charge in [0.25, 0.3) is 0 Å². The van der Waals surface area contributed by atoms with Gasteiger partial charge in [-0.2, -0.15) is 0 Å². The van der Waals surface area contributed by atoms with Gasteiger partial charge in [-0.05, 0) is 24.6 Å². The number of primary amides is 1. The number of aromatic carboxylic acids is 1. The molecule has 1 aromatic carbocycles. The van der Waals surface area contributed by atoms with Crippen LogP contribution in [-0.2, 0) is 11.3 Å². The van der Waals surface area contributed by atoms with E-state index in [1.54, 1.807) is 6.07 Å². The Morgan fingerprint density at radius 3 is 2.74 bits per heavy atom. The van der Waals surface area contributed by atoms with E-state index >= 15 is 0 Å². The highest BCUT2D eigenvalue weighted by atomic mass is 16.4. The molecule has 0 aliphatic carbocycles. The molecule has 1 amide bonds. The average Bonchev–Trinajstić information content (AvgIpc) is 2.64. The number of carboxylic acid groups (broad SMARTS) is 1. The molecule has 0 aliphatic rings. The lowest BCUT2D eigenvalue weighted by atomic mass is 10.2. The third-order valence-electron chi connectivity index (χ3n) is 2.83. The molecule has 0 aliphatic heterocycles. The Labute approximate surface area is 107 Å². The lowest BCUT2D eigenvalue weighted by Gasteiger charge is -2.02. The van der Waals surface area contributed by atoms with Crippen LogP contribution in [0.15, 0.2) is 23.0 Å². The van der Waals surface area contributed by atoms with Gasteiger partial charge in [0.15, 0.2) is 0 Å². The van der Waals surface area contributed by atoms with Gasteiger partial charge in [0, 0.05) is 13.0 Å². The van der Waals surface area contributed by atoms with Crippen molar-refractivity contribution in [2.45, 2.75) is 19.4 Å². The van der Waals surface area contributed by atoms with Gasteiger partial charge in [0.05, 0.1) is 16.6 Å². The minimum Gasteiger partial charge on any atom is -0.478 e. The third-order valence-corrected chi connectivity index (χ3v) is 2.83. The molecule has 100 valence electrons. The van der Waals surface area contributed by atoms with Gasteiger partial charge >= 0.3 is 11.7 Å². The van der Waals surface area contributed by atoms with Crippen molar-refractivity contribution in [2.24, 2.45) is 5.73 Å². The molecular weight excluding hydrogens is 250 g/mol. The number of nitrogens with zero attached hydrogens (tertiary/aromatic N) is 1. The van der Waals surface area contributed by atoms with Gasteiger partial charge in [0.2, 0.25) is 5.91 Å². The first-order valence-corrected chi connectivity index (χ1v) is 5.73. The Bertz CT molecular complexity index is 699. The summed E-state index contributed by atoms with van der Waals surface area (Å²) in [6.45, 7) is 0.310. The van der Waals surface area contributed by atoms with Gasteiger partial charge in [-0.15, -0.1) is 0 Å². The number of carbonyl (C=O) groups is 2. The number of benzene rings is 1. The molecule has 0 atom stereocenters. The van der Waals surface area contributed by atoms with Crippen LogP contribution in [0.1, 0.15) is 23.2 Å². The number of hydrogen-bond donors (Lipinski definition) is 3. The first-order chi connectivity index (χ1) is 8.99. The van der Waals surface area contributed by atoms with Crippen LogP contribution in [0.2, 0.25) is 0 Å². The van der Waals surface area contributed by atoms with Crippen LogP contribution < -0.4 is 11.4 Å². The highest BCUT2D eigenvalue weighted by Crippen LogP contribution is 2.13. The first kappa shape index (κ1) is 12.9. The minimum atomic E-state index is -1.06. The molecule has 0 unspecified atom stereocenters. The van der Waals surface area contributed by atoms with Gasteiger partial charge in [-0.25, -0.2) is 9.59 Å². The van der Waals surface area contributed by atoms with Crippen molar-refractivity contribution in [3.05, 3.63) is 34.2 Å². The number of aryl methyl sites for hydroxylation is 1. The molecule has 4 N–H and O–H groups in total. The zero-order valence-corrected chi connectivity index (χ0v) is 10.0. The quantitative estimate of drug-likeness (QED) is 0.718. The fraction of sp³-hybridized carbons (Fsp3) is 0.250. The molecule has 1 heterocycles. The minimum absolute atomic E-state index is 0.107. The van der Waals surface area contributed by atoms with Gasteiger partial charge in [-0.3, -0.25) is 9.36 Å². The molecule has 1 aromatic heterocycles. The highest BCUT2D eigenvalue weighted by Gasteiger charge is 2.10. The maximum atomic E-state index is 11.7. The Kier molecular flexibility index (Phi) is 3.37. The largest absolute Gasteiger partial charge is 0.478 e. The SMILES string of the molecule is NC(=O)CCCn1c(=O)[nH]c2ccc(C(=O)O)cc21. The molecule has 19 heavy (non-hydrogen) atoms. The van der Waals surface area contributed by atoms with Crippen LogP contribution in [0.5, 0.6) is 0 Å². The number of fused-ring (bicyclic) bond motifs is 1. The number of aromatic nitrogens is 2. The van der Waals surface area contributed by atoms with Gasteiger partial charge in [-0.1, -0.05) is 0 Å². The number of rotatable bonds is 5. The second kappa shape index (κ2) is 4.97. The van der Waals surface area contributed by atoms with Crippen LogP contribution in [0, 0.1) is 0 Å². The molecule has 0 fully saturated rings. The summed E-state index contributed by atoms with van der Waals surface area (Å²) in [4.78, 5) is 35.9. The number of imidazole rings is 1. The van der Waals surface area contributed by atoms with Crippen LogP contribution in [0.3, 0.4) is 0 Å². The number of aromatic amines is 1. The molecular formula is C12H13N3O4. The molecule has 0 saturated heterocycles. The van der Waals surface area contributed by atoms with Crippen molar-refractivity contribution < 1.29 is 14.7 Å². The Morgan fingerprint density at radius 2 is 2.11 bits per heavy atom. The van der Waals surface area contributed by atoms with E-state index < -0.39 is 11.9 Å². The molecule has 2 aromatic rings. The first-order valence-electron chi connectivity index (χ1n) is 5.73. The fourth-order valence-corrected chi connectivity index (χ4v) is 1.92. The van der Waals surface area contributed by atoms with E-state index in [2.05, 4.69) is 4.98 Å². The Hall–Kier alpha value is -2.57. The van der Waals surface area contributed by atoms with E-state index in [0.717, 1.165) is 0 Å². The highest BCUT2D eigenvalue weighted by molar-refractivity contribution is 5.92. The lowest BCUT2D eigenvalue weighted by Crippen LogP contribution is -2.18. The van der Waals surface area contributed by atoms with Crippen molar-refractivity contribution in [1.82, 2.24) is 9.55 Å². The topological polar surface area (TPSA) is 118 Å². The zero-order valence-electron chi connectivity index (χ0n) is 10.0. The molecule has 2 rings (SSSR count). The third kappa shape index (κ3) is 2.65. The average molecular weight is 263 g/mol. The van der Waals surface area contributed by atoms with Crippen molar-refractivity contribution in [1.29, 1.82) is 0 Å². The van der Waals surface area contributed by atoms with E-state index in [9.17, 15) is 14.4 Å². The standard InChI is InChI=1S/C12H13N3O4/c13-10(16)2-1-5-15-9-6-7(11(17)18)3-4-8(9)14-12(15)19/h3-4,6H,1-2,5H2,(H2,13,16)(H,14,19)(H,17,18). The summed E-state index contributed by atoms with van der Waals surface area (Å²) in [7, 11) is 0. The number of nitrogens with two attached hydrogens (primary N) is 1. The van der Waals surface area contributed by atoms with E-state index in [4.69, 9.17) is 10.8 Å². The molecule has 0 spiro atoms. The number of amides is 1. The number of carbonyl (C=O) groups excluding carboxylic acids is 1. The summed E-state index contributed by atoms with van der Waals surface area (Å²) in [6.07, 6.45) is 0.608. The molecule has 0 bridgehead atoms. The normalized spacial score (nSPS) is 10.7. The monoisotopic (exact) mass is 263 g/mol. The van der Waals surface area contributed by atoms with Gasteiger partial charge in [0.1, 0.15) is 0 Å². The van der Waals surface area contributed by atoms with Crippen molar-refractivity contribution in [3.8, 4) is 0 Å². The predicted molar refractivity (Wildman–Crippen MR) is 67.9 cm³/mol. The molecule has 7 nitrogen and oxygen atoms in total. The Morgan fingerprint density at radius 1 is 1.37 bits per heavy atom. The van der Waals surface area contributed by atoms with Crippen molar-refractivity contribution >= 4 is 22.9 Å². The van der Waals surface area contributed by atoms with E-state index in [1.807, 2.05) is 0 Å². The van der Waals surface area contributed by atoms with Crippen LogP contribution in [0.25, 0.3) is 11.0 Å². The summed E-state index contributed by atoms with van der Waals surface area (Å²) in [5.74, 6) is -1.49. The lowest BCUT2D eigenvalue weighted by molar-refractivity contribution is -0.118. The second-order valence-corrected chi connectivity index (χ2v) is 4.19. The van der Waals surface area contributed by atoms with Crippen molar-refractivity contribution in [3.63, 3.8) is 0 Å². The summed E-state index contributed by atoms with van der Waals surface area (Å²) >= 11 is 0. The maximum Gasteiger partial charge on any atom is 0.335 e. The number of H-pyrrole nitrogens is 1. The summed E-state index contributed by atoms with van der Waals surface area (Å²) in [5, 5.41) is 8.93. The van der Waals surface area contributed by atoms with E-state index in [0.29, 0.717) is 24.0 Å². The summed E-state index contributed by atoms with van der Waals surface area (Å²) in [5.41, 5.74) is 5.88. The maximum absolute atomic E-state index is 11.7. The second-order valence-electron chi connectivity index (χ2n) is 4.19. The van der Waals surface area contributed by atoms with Crippen LogP contribution in [0.4, 0.5) is 0 Å². The number of carboxylic acids is 1. The van der Waals surface area contributed by atoms with E-state index in [1.165, 1.54) is 16.7 Å². The van der Waals surface area contributed by atoms with E-state index in [-0.39, 0.29) is 17.7 Å². The fourth-order valence-electron chi connectivity index (χ4n) is 1.92. The predicted octanol–water partition coefficient (Wildman–Crippen LogP) is 0.293. The number of hydrogen-bond acceptors (Lipinski definition) is 3. The summed E-state index contributed by atoms with van der Waals surface area (Å²) < 4.78 is 1.41. The zero-order chi connectivity index (χ0) is 14.0. The smallest absolute Gasteiger partial charge is 0.335 e. The molecule has 0 radical (unpaired) electrons. The Balaban J connectivity index is 2.38. The number of nitrogens with one attached hydrogen (secondary N) is 1. The van der Waals surface area contributed by atoms with Crippen LogP contribution in [-0.4, -0.2) is 26.5 Å². The van der Waals surface area contributed by atoms with Crippen LogP contribution >= 0.6 is 0 Å².